The van der Waals surface area contributed by atoms with Gasteiger partial charge in [0.05, 0.1) is 7.11 Å². The highest BCUT2D eigenvalue weighted by atomic mass is 16.5. The van der Waals surface area contributed by atoms with Crippen LogP contribution in [0.2, 0.25) is 0 Å². The molecule has 114 valence electrons. The van der Waals surface area contributed by atoms with Crippen molar-refractivity contribution in [3.63, 3.8) is 0 Å². The standard InChI is InChI=1S/C14H21N5O2/c1-14(2,8-9-15)7-6-11-16-13(19-21-11)10-4-5-12(20-3)18-17-10/h4-5H,6-9,15H2,1-3H3. The average Bonchev–Trinajstić information content (AvgIpc) is 2.94. The van der Waals surface area contributed by atoms with Crippen LogP contribution in [0.3, 0.4) is 0 Å². The molecule has 0 spiro atoms. The molecule has 0 bridgehead atoms. The van der Waals surface area contributed by atoms with E-state index < -0.39 is 0 Å². The number of rotatable bonds is 7. The topological polar surface area (TPSA) is 100.0 Å². The average molecular weight is 291 g/mol. The zero-order valence-corrected chi connectivity index (χ0v) is 12.7. The number of ether oxygens (including phenoxy) is 1. The van der Waals surface area contributed by atoms with Crippen LogP contribution in [0.25, 0.3) is 11.5 Å². The molecule has 7 nitrogen and oxygen atoms in total. The quantitative estimate of drug-likeness (QED) is 0.830. The summed E-state index contributed by atoms with van der Waals surface area (Å²) in [5, 5.41) is 11.8. The number of methoxy groups -OCH3 is 1. The summed E-state index contributed by atoms with van der Waals surface area (Å²) >= 11 is 0. The highest BCUT2D eigenvalue weighted by molar-refractivity contribution is 5.47. The van der Waals surface area contributed by atoms with Gasteiger partial charge in [0.2, 0.25) is 17.6 Å². The van der Waals surface area contributed by atoms with Gasteiger partial charge in [-0.2, -0.15) is 4.98 Å². The second kappa shape index (κ2) is 6.62. The Balaban J connectivity index is 2.00. The summed E-state index contributed by atoms with van der Waals surface area (Å²) in [5.74, 6) is 1.50. The van der Waals surface area contributed by atoms with Crippen molar-refractivity contribution in [3.05, 3.63) is 18.0 Å². The molecule has 0 aliphatic carbocycles. The van der Waals surface area contributed by atoms with E-state index in [1.165, 1.54) is 0 Å². The Kier molecular flexibility index (Phi) is 4.85. The van der Waals surface area contributed by atoms with E-state index in [1.807, 2.05) is 0 Å². The fraction of sp³-hybridized carbons (Fsp3) is 0.571. The molecule has 2 rings (SSSR count). The lowest BCUT2D eigenvalue weighted by Gasteiger charge is -2.22. The maximum atomic E-state index is 5.61. The minimum absolute atomic E-state index is 0.170. The first-order valence-corrected chi connectivity index (χ1v) is 6.95. The van der Waals surface area contributed by atoms with Crippen molar-refractivity contribution in [1.29, 1.82) is 0 Å². The van der Waals surface area contributed by atoms with E-state index in [-0.39, 0.29) is 5.41 Å². The van der Waals surface area contributed by atoms with E-state index in [2.05, 4.69) is 34.2 Å². The fourth-order valence-corrected chi connectivity index (χ4v) is 1.97. The minimum atomic E-state index is 0.170. The molecule has 0 radical (unpaired) electrons. The number of nitrogens with zero attached hydrogens (tertiary/aromatic N) is 4. The van der Waals surface area contributed by atoms with Gasteiger partial charge in [0.15, 0.2) is 0 Å². The zero-order chi connectivity index (χ0) is 15.3. The number of aryl methyl sites for hydroxylation is 1. The first-order valence-electron chi connectivity index (χ1n) is 6.95. The van der Waals surface area contributed by atoms with Gasteiger partial charge in [0.25, 0.3) is 0 Å². The smallest absolute Gasteiger partial charge is 0.233 e. The molecule has 21 heavy (non-hydrogen) atoms. The number of nitrogens with two attached hydrogens (primary N) is 1. The van der Waals surface area contributed by atoms with Gasteiger partial charge in [0.1, 0.15) is 5.69 Å². The third kappa shape index (κ3) is 4.22. The molecule has 2 heterocycles. The first-order chi connectivity index (χ1) is 10.0. The third-order valence-electron chi connectivity index (χ3n) is 3.38. The number of hydrogen-bond donors (Lipinski definition) is 1. The third-order valence-corrected chi connectivity index (χ3v) is 3.38. The summed E-state index contributed by atoms with van der Waals surface area (Å²) in [4.78, 5) is 4.35. The summed E-state index contributed by atoms with van der Waals surface area (Å²) in [5.41, 5.74) is 6.34. The van der Waals surface area contributed by atoms with Crippen LogP contribution in [-0.4, -0.2) is 34.0 Å². The van der Waals surface area contributed by atoms with E-state index in [9.17, 15) is 0 Å². The molecule has 2 aromatic heterocycles. The molecule has 0 aliphatic rings. The summed E-state index contributed by atoms with van der Waals surface area (Å²) in [6.45, 7) is 5.06. The summed E-state index contributed by atoms with van der Waals surface area (Å²) < 4.78 is 10.2. The van der Waals surface area contributed by atoms with Gasteiger partial charge in [-0.25, -0.2) is 0 Å². The van der Waals surface area contributed by atoms with Crippen molar-refractivity contribution in [2.45, 2.75) is 33.1 Å². The normalized spacial score (nSPS) is 11.6. The molecule has 0 saturated heterocycles. The second-order valence-electron chi connectivity index (χ2n) is 5.68. The van der Waals surface area contributed by atoms with Crippen LogP contribution in [0.15, 0.2) is 16.7 Å². The molecule has 0 saturated carbocycles. The van der Waals surface area contributed by atoms with Crippen LogP contribution in [0, 0.1) is 5.41 Å². The first kappa shape index (κ1) is 15.4. The summed E-state index contributed by atoms with van der Waals surface area (Å²) in [7, 11) is 1.54. The van der Waals surface area contributed by atoms with Crippen molar-refractivity contribution in [2.24, 2.45) is 11.1 Å². The molecule has 0 aromatic carbocycles. The van der Waals surface area contributed by atoms with Gasteiger partial charge in [-0.3, -0.25) is 0 Å². The van der Waals surface area contributed by atoms with Crippen LogP contribution >= 0.6 is 0 Å². The van der Waals surface area contributed by atoms with Crippen molar-refractivity contribution in [2.75, 3.05) is 13.7 Å². The summed E-state index contributed by atoms with van der Waals surface area (Å²) in [6, 6.07) is 3.46. The van der Waals surface area contributed by atoms with Crippen LogP contribution in [0.1, 0.15) is 32.6 Å². The van der Waals surface area contributed by atoms with E-state index >= 15 is 0 Å². The summed E-state index contributed by atoms with van der Waals surface area (Å²) in [6.07, 6.45) is 2.64. The lowest BCUT2D eigenvalue weighted by Crippen LogP contribution is -2.17. The van der Waals surface area contributed by atoms with Crippen molar-refractivity contribution < 1.29 is 9.26 Å². The monoisotopic (exact) mass is 291 g/mol. The van der Waals surface area contributed by atoms with Gasteiger partial charge in [-0.15, -0.1) is 10.2 Å². The van der Waals surface area contributed by atoms with E-state index in [0.29, 0.717) is 29.8 Å². The molecular weight excluding hydrogens is 270 g/mol. The maximum Gasteiger partial charge on any atom is 0.233 e. The molecule has 0 fully saturated rings. The highest BCUT2D eigenvalue weighted by Gasteiger charge is 2.19. The lowest BCUT2D eigenvalue weighted by molar-refractivity contribution is 0.289. The Hall–Kier alpha value is -2.02. The van der Waals surface area contributed by atoms with E-state index in [1.54, 1.807) is 19.2 Å². The van der Waals surface area contributed by atoms with Crippen LogP contribution in [0.5, 0.6) is 5.88 Å². The molecule has 0 aliphatic heterocycles. The lowest BCUT2D eigenvalue weighted by atomic mass is 9.84. The van der Waals surface area contributed by atoms with E-state index in [4.69, 9.17) is 15.0 Å². The van der Waals surface area contributed by atoms with Crippen molar-refractivity contribution in [3.8, 4) is 17.4 Å². The van der Waals surface area contributed by atoms with Crippen LogP contribution < -0.4 is 10.5 Å². The molecule has 7 heteroatoms. The van der Waals surface area contributed by atoms with Crippen molar-refractivity contribution >= 4 is 0 Å². The molecule has 0 amide bonds. The van der Waals surface area contributed by atoms with Gasteiger partial charge in [-0.05, 0) is 30.9 Å². The van der Waals surface area contributed by atoms with E-state index in [0.717, 1.165) is 19.3 Å². The number of hydrogen-bond acceptors (Lipinski definition) is 7. The Morgan fingerprint density at radius 2 is 2.05 bits per heavy atom. The van der Waals surface area contributed by atoms with Gasteiger partial charge < -0.3 is 15.0 Å². The Bertz CT molecular complexity index is 565. The molecule has 2 aromatic rings. The van der Waals surface area contributed by atoms with Crippen LogP contribution in [-0.2, 0) is 6.42 Å². The predicted molar refractivity (Wildman–Crippen MR) is 77.6 cm³/mol. The molecular formula is C14H21N5O2. The highest BCUT2D eigenvalue weighted by Crippen LogP contribution is 2.26. The number of aromatic nitrogens is 4. The Morgan fingerprint density at radius 3 is 2.67 bits per heavy atom. The molecule has 0 unspecified atom stereocenters. The SMILES string of the molecule is COc1ccc(-c2noc(CCC(C)(C)CCN)n2)nn1. The molecule has 0 atom stereocenters. The Labute approximate surface area is 123 Å². The van der Waals surface area contributed by atoms with Gasteiger partial charge >= 0.3 is 0 Å². The van der Waals surface area contributed by atoms with Crippen molar-refractivity contribution in [1.82, 2.24) is 20.3 Å². The predicted octanol–water partition coefficient (Wildman–Crippen LogP) is 1.84. The zero-order valence-electron chi connectivity index (χ0n) is 12.7. The second-order valence-corrected chi connectivity index (χ2v) is 5.68. The molecule has 2 N–H and O–H groups in total. The largest absolute Gasteiger partial charge is 0.480 e. The Morgan fingerprint density at radius 1 is 1.24 bits per heavy atom. The minimum Gasteiger partial charge on any atom is -0.480 e. The van der Waals surface area contributed by atoms with Gasteiger partial charge in [-0.1, -0.05) is 19.0 Å². The maximum absolute atomic E-state index is 5.61. The van der Waals surface area contributed by atoms with Crippen LogP contribution in [0.4, 0.5) is 0 Å². The van der Waals surface area contributed by atoms with Gasteiger partial charge in [0, 0.05) is 12.5 Å². The fourth-order valence-electron chi connectivity index (χ4n) is 1.97.